The van der Waals surface area contributed by atoms with Crippen LogP contribution in [0.15, 0.2) is 36.4 Å². The molecule has 1 aliphatic heterocycles. The van der Waals surface area contributed by atoms with Gasteiger partial charge in [0, 0.05) is 5.69 Å². The fraction of sp³-hybridized carbons (Fsp3) is 0.294. The van der Waals surface area contributed by atoms with Crippen molar-refractivity contribution >= 4 is 6.29 Å². The van der Waals surface area contributed by atoms with E-state index in [4.69, 9.17) is 9.47 Å². The molecule has 0 aliphatic carbocycles. The maximum absolute atomic E-state index is 11.1. The van der Waals surface area contributed by atoms with Crippen LogP contribution in [0.5, 0.6) is 5.75 Å². The number of carbonyl (C=O) groups excluding carboxylic acids is 1. The Morgan fingerprint density at radius 3 is 3.05 bits per heavy atom. The Bertz CT molecular complexity index is 654. The van der Waals surface area contributed by atoms with Crippen molar-refractivity contribution in [3.63, 3.8) is 0 Å². The van der Waals surface area contributed by atoms with Crippen molar-refractivity contribution in [3.05, 3.63) is 58.9 Å². The third-order valence-electron chi connectivity index (χ3n) is 3.62. The third-order valence-corrected chi connectivity index (χ3v) is 3.62. The molecule has 0 saturated heterocycles. The number of pyridine rings is 1. The van der Waals surface area contributed by atoms with E-state index in [1.54, 1.807) is 6.07 Å². The van der Waals surface area contributed by atoms with Crippen molar-refractivity contribution in [3.8, 4) is 5.75 Å². The predicted octanol–water partition coefficient (Wildman–Crippen LogP) is 2.90. The zero-order valence-corrected chi connectivity index (χ0v) is 11.9. The van der Waals surface area contributed by atoms with E-state index in [2.05, 4.69) is 17.1 Å². The SMILES string of the molecule is Cc1ccc(OCC2OCCc3ccccc32)c(C=O)n1. The minimum Gasteiger partial charge on any atom is -0.488 e. The van der Waals surface area contributed by atoms with Crippen molar-refractivity contribution in [2.45, 2.75) is 19.4 Å². The molecular formula is C17H17NO3. The van der Waals surface area contributed by atoms with Gasteiger partial charge >= 0.3 is 0 Å². The molecule has 2 heterocycles. The Hall–Kier alpha value is -2.20. The number of hydrogen-bond donors (Lipinski definition) is 0. The van der Waals surface area contributed by atoms with E-state index in [0.717, 1.165) is 24.0 Å². The van der Waals surface area contributed by atoms with Crippen molar-refractivity contribution in [2.24, 2.45) is 0 Å². The quantitative estimate of drug-likeness (QED) is 0.810. The van der Waals surface area contributed by atoms with Crippen molar-refractivity contribution in [1.29, 1.82) is 0 Å². The average molecular weight is 283 g/mol. The fourth-order valence-electron chi connectivity index (χ4n) is 2.55. The fourth-order valence-corrected chi connectivity index (χ4v) is 2.55. The number of rotatable bonds is 4. The highest BCUT2D eigenvalue weighted by molar-refractivity contribution is 5.76. The second-order valence-electron chi connectivity index (χ2n) is 5.07. The molecular weight excluding hydrogens is 266 g/mol. The van der Waals surface area contributed by atoms with Gasteiger partial charge in [0.2, 0.25) is 0 Å². The molecule has 0 fully saturated rings. The van der Waals surface area contributed by atoms with Gasteiger partial charge in [-0.25, -0.2) is 4.98 Å². The van der Waals surface area contributed by atoms with E-state index < -0.39 is 0 Å². The molecule has 1 aromatic heterocycles. The largest absolute Gasteiger partial charge is 0.488 e. The second-order valence-corrected chi connectivity index (χ2v) is 5.07. The van der Waals surface area contributed by atoms with Crippen LogP contribution in [0.3, 0.4) is 0 Å². The Kier molecular flexibility index (Phi) is 3.97. The first kappa shape index (κ1) is 13.8. The number of carbonyl (C=O) groups is 1. The monoisotopic (exact) mass is 283 g/mol. The lowest BCUT2D eigenvalue weighted by Gasteiger charge is -2.26. The first-order chi connectivity index (χ1) is 10.3. The third kappa shape index (κ3) is 2.95. The first-order valence-corrected chi connectivity index (χ1v) is 7.03. The number of hydrogen-bond acceptors (Lipinski definition) is 4. The summed E-state index contributed by atoms with van der Waals surface area (Å²) in [5.74, 6) is 0.502. The highest BCUT2D eigenvalue weighted by Gasteiger charge is 2.21. The highest BCUT2D eigenvalue weighted by atomic mass is 16.5. The molecule has 1 aromatic carbocycles. The van der Waals surface area contributed by atoms with E-state index >= 15 is 0 Å². The van der Waals surface area contributed by atoms with Gasteiger partial charge in [0.15, 0.2) is 6.29 Å². The van der Waals surface area contributed by atoms with E-state index in [1.807, 2.05) is 25.1 Å². The Labute approximate surface area is 123 Å². The summed E-state index contributed by atoms with van der Waals surface area (Å²) in [6.07, 6.45) is 1.55. The molecule has 0 saturated carbocycles. The molecule has 1 aliphatic rings. The molecule has 4 nitrogen and oxygen atoms in total. The van der Waals surface area contributed by atoms with Gasteiger partial charge in [-0.1, -0.05) is 24.3 Å². The summed E-state index contributed by atoms with van der Waals surface area (Å²) in [6, 6.07) is 11.8. The molecule has 3 rings (SSSR count). The van der Waals surface area contributed by atoms with E-state index in [0.29, 0.717) is 24.7 Å². The summed E-state index contributed by atoms with van der Waals surface area (Å²) in [5, 5.41) is 0. The summed E-state index contributed by atoms with van der Waals surface area (Å²) >= 11 is 0. The normalized spacial score (nSPS) is 17.1. The number of aromatic nitrogens is 1. The van der Waals surface area contributed by atoms with Crippen LogP contribution in [0.1, 0.15) is 33.4 Å². The molecule has 0 radical (unpaired) electrons. The number of aldehydes is 1. The number of benzene rings is 1. The van der Waals surface area contributed by atoms with Gasteiger partial charge in [0.1, 0.15) is 24.2 Å². The average Bonchev–Trinajstić information content (AvgIpc) is 2.53. The zero-order valence-electron chi connectivity index (χ0n) is 11.9. The Morgan fingerprint density at radius 2 is 2.19 bits per heavy atom. The van der Waals surface area contributed by atoms with Crippen LogP contribution in [0.2, 0.25) is 0 Å². The lowest BCUT2D eigenvalue weighted by atomic mass is 9.98. The molecule has 0 N–H and O–H groups in total. The van der Waals surface area contributed by atoms with Crippen molar-refractivity contribution in [1.82, 2.24) is 4.98 Å². The summed E-state index contributed by atoms with van der Waals surface area (Å²) in [7, 11) is 0. The lowest BCUT2D eigenvalue weighted by molar-refractivity contribution is 0.00996. The van der Waals surface area contributed by atoms with Crippen LogP contribution in [0.4, 0.5) is 0 Å². The van der Waals surface area contributed by atoms with E-state index in [-0.39, 0.29) is 6.10 Å². The van der Waals surface area contributed by atoms with Crippen molar-refractivity contribution < 1.29 is 14.3 Å². The minimum atomic E-state index is -0.101. The van der Waals surface area contributed by atoms with E-state index in [9.17, 15) is 4.79 Å². The van der Waals surface area contributed by atoms with Gasteiger partial charge in [-0.3, -0.25) is 4.79 Å². The molecule has 21 heavy (non-hydrogen) atoms. The van der Waals surface area contributed by atoms with Gasteiger partial charge in [-0.2, -0.15) is 0 Å². The number of nitrogens with zero attached hydrogens (tertiary/aromatic N) is 1. The molecule has 1 unspecified atom stereocenters. The van der Waals surface area contributed by atoms with Crippen LogP contribution < -0.4 is 4.74 Å². The molecule has 108 valence electrons. The Balaban J connectivity index is 1.76. The van der Waals surface area contributed by atoms with Crippen LogP contribution in [0.25, 0.3) is 0 Å². The number of aryl methyl sites for hydroxylation is 1. The molecule has 0 spiro atoms. The van der Waals surface area contributed by atoms with Crippen LogP contribution >= 0.6 is 0 Å². The maximum Gasteiger partial charge on any atom is 0.172 e. The van der Waals surface area contributed by atoms with Gasteiger partial charge in [-0.15, -0.1) is 0 Å². The summed E-state index contributed by atoms with van der Waals surface area (Å²) in [6.45, 7) is 2.91. The van der Waals surface area contributed by atoms with Gasteiger partial charge < -0.3 is 9.47 Å². The standard InChI is InChI=1S/C17H17NO3/c1-12-6-7-16(15(10-19)18-12)21-11-17-14-5-3-2-4-13(14)8-9-20-17/h2-7,10,17H,8-9,11H2,1H3. The topological polar surface area (TPSA) is 48.4 Å². The minimum absolute atomic E-state index is 0.101. The lowest BCUT2D eigenvalue weighted by Crippen LogP contribution is -2.22. The molecule has 4 heteroatoms. The van der Waals surface area contributed by atoms with Crippen LogP contribution in [0, 0.1) is 6.92 Å². The second kappa shape index (κ2) is 6.06. The molecule has 0 bridgehead atoms. The van der Waals surface area contributed by atoms with Gasteiger partial charge in [0.25, 0.3) is 0 Å². The van der Waals surface area contributed by atoms with Gasteiger partial charge in [-0.05, 0) is 36.6 Å². The predicted molar refractivity (Wildman–Crippen MR) is 78.7 cm³/mol. The number of ether oxygens (including phenoxy) is 2. The zero-order chi connectivity index (χ0) is 14.7. The van der Waals surface area contributed by atoms with Crippen LogP contribution in [-0.4, -0.2) is 24.5 Å². The first-order valence-electron chi connectivity index (χ1n) is 7.03. The molecule has 0 amide bonds. The van der Waals surface area contributed by atoms with Crippen LogP contribution in [-0.2, 0) is 11.2 Å². The van der Waals surface area contributed by atoms with E-state index in [1.165, 1.54) is 5.56 Å². The smallest absolute Gasteiger partial charge is 0.172 e. The molecule has 2 aromatic rings. The summed E-state index contributed by atoms with van der Waals surface area (Å²) in [5.41, 5.74) is 3.59. The summed E-state index contributed by atoms with van der Waals surface area (Å²) < 4.78 is 11.6. The van der Waals surface area contributed by atoms with Gasteiger partial charge in [0.05, 0.1) is 6.61 Å². The summed E-state index contributed by atoms with van der Waals surface area (Å²) in [4.78, 5) is 15.2. The number of fused-ring (bicyclic) bond motifs is 1. The maximum atomic E-state index is 11.1. The van der Waals surface area contributed by atoms with Crippen molar-refractivity contribution in [2.75, 3.05) is 13.2 Å². The Morgan fingerprint density at radius 1 is 1.33 bits per heavy atom. The highest BCUT2D eigenvalue weighted by Crippen LogP contribution is 2.28. The molecule has 1 atom stereocenters.